The van der Waals surface area contributed by atoms with E-state index in [1.807, 2.05) is 24.1 Å². The Hall–Kier alpha value is -3.47. The summed E-state index contributed by atoms with van der Waals surface area (Å²) in [7, 11) is 1.96. The van der Waals surface area contributed by atoms with Crippen LogP contribution in [0.15, 0.2) is 31.0 Å². The molecule has 17 heteroatoms. The van der Waals surface area contributed by atoms with Crippen LogP contribution >= 0.6 is 0 Å². The molecule has 1 atom stereocenters. The molecule has 4 rings (SSSR count). The van der Waals surface area contributed by atoms with Gasteiger partial charge in [0.15, 0.2) is 0 Å². The molecule has 2 N–H and O–H groups in total. The van der Waals surface area contributed by atoms with E-state index >= 15 is 0 Å². The number of ether oxygens (including phenoxy) is 1. The normalized spacial score (nSPS) is 20.1. The lowest BCUT2D eigenvalue weighted by Crippen LogP contribution is -2.59. The van der Waals surface area contributed by atoms with Crippen LogP contribution in [0.4, 0.5) is 32.2 Å². The average Bonchev–Trinajstić information content (AvgIpc) is 3.23. The van der Waals surface area contributed by atoms with Gasteiger partial charge in [-0.05, 0) is 12.8 Å². The Bertz CT molecular complexity index is 1020. The summed E-state index contributed by atoms with van der Waals surface area (Å²) >= 11 is 0. The summed E-state index contributed by atoms with van der Waals surface area (Å²) in [4.78, 5) is 31.2. The van der Waals surface area contributed by atoms with Crippen LogP contribution in [0.1, 0.15) is 18.4 Å². The summed E-state index contributed by atoms with van der Waals surface area (Å²) in [5.74, 6) is -4.57. The number of hydrogen-bond acceptors (Lipinski definition) is 8. The topological polar surface area (TPSA) is 134 Å². The molecule has 11 nitrogen and oxygen atoms in total. The molecule has 0 saturated carbocycles. The molecular weight excluding hydrogens is 530 g/mol. The minimum absolute atomic E-state index is 0.101. The molecule has 2 aliphatic heterocycles. The number of nitrogens with zero attached hydrogens (tertiary/aromatic N) is 6. The van der Waals surface area contributed by atoms with E-state index in [0.29, 0.717) is 0 Å². The van der Waals surface area contributed by atoms with Gasteiger partial charge < -0.3 is 19.8 Å². The van der Waals surface area contributed by atoms with Crippen molar-refractivity contribution in [3.63, 3.8) is 0 Å². The molecule has 2 fully saturated rings. The van der Waals surface area contributed by atoms with Gasteiger partial charge in [0.25, 0.3) is 0 Å². The highest BCUT2D eigenvalue weighted by atomic mass is 19.4. The fourth-order valence-corrected chi connectivity index (χ4v) is 3.87. The summed E-state index contributed by atoms with van der Waals surface area (Å²) in [5, 5.41) is 18.5. The maximum atomic E-state index is 10.6. The molecule has 0 aromatic carbocycles. The third-order valence-electron chi connectivity index (χ3n) is 5.39. The number of piperidine rings is 1. The van der Waals surface area contributed by atoms with Crippen LogP contribution in [-0.4, -0.2) is 97.5 Å². The Morgan fingerprint density at radius 1 is 1.03 bits per heavy atom. The number of aryl methyl sites for hydroxylation is 1. The van der Waals surface area contributed by atoms with Gasteiger partial charge in [-0.2, -0.15) is 31.4 Å². The van der Waals surface area contributed by atoms with Gasteiger partial charge in [-0.1, -0.05) is 0 Å². The van der Waals surface area contributed by atoms with Crippen LogP contribution in [0.3, 0.4) is 0 Å². The van der Waals surface area contributed by atoms with E-state index < -0.39 is 24.3 Å². The van der Waals surface area contributed by atoms with Crippen molar-refractivity contribution in [3.8, 4) is 0 Å². The molecule has 0 amide bonds. The van der Waals surface area contributed by atoms with Gasteiger partial charge >= 0.3 is 24.3 Å². The summed E-state index contributed by atoms with van der Waals surface area (Å²) in [6.07, 6.45) is 1.42. The van der Waals surface area contributed by atoms with Gasteiger partial charge in [-0.15, -0.1) is 0 Å². The highest BCUT2D eigenvalue weighted by Gasteiger charge is 2.41. The first kappa shape index (κ1) is 30.8. The van der Waals surface area contributed by atoms with E-state index in [0.717, 1.165) is 58.0 Å². The molecule has 2 saturated heterocycles. The highest BCUT2D eigenvalue weighted by Crippen LogP contribution is 2.31. The van der Waals surface area contributed by atoms with Crippen LogP contribution in [0.25, 0.3) is 0 Å². The zero-order chi connectivity index (χ0) is 28.6. The molecule has 2 aromatic heterocycles. The number of halogens is 6. The molecule has 0 aliphatic carbocycles. The number of carbonyl (C=O) groups is 2. The molecule has 2 aromatic rings. The Morgan fingerprint density at radius 3 is 2.16 bits per heavy atom. The van der Waals surface area contributed by atoms with E-state index in [9.17, 15) is 26.3 Å². The second-order valence-corrected chi connectivity index (χ2v) is 8.46. The minimum Gasteiger partial charge on any atom is -0.475 e. The number of aromatic nitrogens is 4. The first-order chi connectivity index (χ1) is 17.6. The summed E-state index contributed by atoms with van der Waals surface area (Å²) in [6, 6.07) is 0. The molecule has 1 unspecified atom stereocenters. The second-order valence-electron chi connectivity index (χ2n) is 8.46. The molecule has 2 aliphatic rings. The third kappa shape index (κ3) is 9.77. The van der Waals surface area contributed by atoms with E-state index in [1.165, 1.54) is 5.56 Å². The van der Waals surface area contributed by atoms with Gasteiger partial charge in [0.2, 0.25) is 0 Å². The third-order valence-corrected chi connectivity index (χ3v) is 5.39. The minimum atomic E-state index is -5.08. The maximum Gasteiger partial charge on any atom is 0.490 e. The number of carboxylic acids is 2. The first-order valence-corrected chi connectivity index (χ1v) is 11.1. The number of morpholine rings is 1. The first-order valence-electron chi connectivity index (χ1n) is 11.1. The lowest BCUT2D eigenvalue weighted by molar-refractivity contribution is -0.193. The van der Waals surface area contributed by atoms with Crippen molar-refractivity contribution >= 4 is 17.8 Å². The standard InChI is InChI=1S/C17H24N6O.2C2HF3O2/c1-21-11-15(9-20-21)12-22-7-8-24-17(13-22)3-2-6-23(14-17)16-10-18-4-5-19-16;2*3-2(4,5)1(6)7/h4-5,9-11H,2-3,6-8,12-14H2,1H3;2*(H,6,7). The zero-order valence-electron chi connectivity index (χ0n) is 20.1. The maximum absolute atomic E-state index is 10.6. The van der Waals surface area contributed by atoms with Crippen LogP contribution in [-0.2, 0) is 27.9 Å². The van der Waals surface area contributed by atoms with Crippen LogP contribution in [0.5, 0.6) is 0 Å². The smallest absolute Gasteiger partial charge is 0.475 e. The number of hydrogen-bond donors (Lipinski definition) is 2. The average molecular weight is 556 g/mol. The largest absolute Gasteiger partial charge is 0.490 e. The predicted molar refractivity (Wildman–Crippen MR) is 118 cm³/mol. The van der Waals surface area contributed by atoms with Gasteiger partial charge in [-0.25, -0.2) is 14.6 Å². The van der Waals surface area contributed by atoms with Gasteiger partial charge in [0.1, 0.15) is 5.82 Å². The summed E-state index contributed by atoms with van der Waals surface area (Å²) in [5.41, 5.74) is 1.16. The van der Waals surface area contributed by atoms with Gasteiger partial charge in [0.05, 0.1) is 24.6 Å². The fraction of sp³-hybridized carbons (Fsp3) is 0.571. The molecular formula is C21H26F6N6O5. The number of carboxylic acid groups (broad SMARTS) is 2. The van der Waals surface area contributed by atoms with Crippen LogP contribution in [0.2, 0.25) is 0 Å². The Morgan fingerprint density at radius 2 is 1.66 bits per heavy atom. The number of anilines is 1. The number of alkyl halides is 6. The lowest BCUT2D eigenvalue weighted by Gasteiger charge is -2.48. The van der Waals surface area contributed by atoms with Crippen LogP contribution < -0.4 is 4.90 Å². The summed E-state index contributed by atoms with van der Waals surface area (Å²) in [6.45, 7) is 5.56. The monoisotopic (exact) mass is 556 g/mol. The van der Waals surface area contributed by atoms with E-state index in [1.54, 1.807) is 12.4 Å². The van der Waals surface area contributed by atoms with Crippen LogP contribution in [0, 0.1) is 0 Å². The molecule has 212 valence electrons. The SMILES string of the molecule is Cn1cc(CN2CCOC3(CCCN(c4cnccn4)C3)C2)cn1.O=C(O)C(F)(F)F.O=C(O)C(F)(F)F. The second kappa shape index (κ2) is 12.9. The Kier molecular flexibility index (Phi) is 10.4. The van der Waals surface area contributed by atoms with Crippen molar-refractivity contribution in [2.45, 2.75) is 37.3 Å². The highest BCUT2D eigenvalue weighted by molar-refractivity contribution is 5.73. The van der Waals surface area contributed by atoms with Crippen molar-refractivity contribution in [3.05, 3.63) is 36.5 Å². The Labute approximate surface area is 212 Å². The molecule has 1 spiro atoms. The molecule has 38 heavy (non-hydrogen) atoms. The zero-order valence-corrected chi connectivity index (χ0v) is 20.1. The lowest BCUT2D eigenvalue weighted by atomic mass is 9.90. The molecule has 0 bridgehead atoms. The van der Waals surface area contributed by atoms with Crippen molar-refractivity contribution in [1.82, 2.24) is 24.6 Å². The van der Waals surface area contributed by atoms with E-state index in [4.69, 9.17) is 24.5 Å². The van der Waals surface area contributed by atoms with Crippen molar-refractivity contribution in [2.75, 3.05) is 37.7 Å². The Balaban J connectivity index is 0.000000301. The quantitative estimate of drug-likeness (QED) is 0.543. The van der Waals surface area contributed by atoms with E-state index in [2.05, 4.69) is 31.1 Å². The number of rotatable bonds is 3. The molecule has 0 radical (unpaired) electrons. The van der Waals surface area contributed by atoms with Gasteiger partial charge in [-0.3, -0.25) is 14.6 Å². The van der Waals surface area contributed by atoms with Gasteiger partial charge in [0, 0.05) is 63.9 Å². The predicted octanol–water partition coefficient (Wildman–Crippen LogP) is 2.35. The van der Waals surface area contributed by atoms with Crippen molar-refractivity contribution in [2.24, 2.45) is 7.05 Å². The van der Waals surface area contributed by atoms with E-state index in [-0.39, 0.29) is 5.60 Å². The summed E-state index contributed by atoms with van der Waals surface area (Å²) < 4.78 is 71.6. The molecule has 4 heterocycles. The van der Waals surface area contributed by atoms with Crippen molar-refractivity contribution < 1.29 is 50.9 Å². The van der Waals surface area contributed by atoms with Crippen molar-refractivity contribution in [1.29, 1.82) is 0 Å². The fourth-order valence-electron chi connectivity index (χ4n) is 3.87. The number of aliphatic carboxylic acids is 2.